The molecule has 2 heterocycles. The molecule has 1 amide bonds. The van der Waals surface area contributed by atoms with Gasteiger partial charge in [-0.1, -0.05) is 47.5 Å². The Bertz CT molecular complexity index is 950. The fourth-order valence-electron chi connectivity index (χ4n) is 2.86. The Hall–Kier alpha value is -2.50. The minimum Gasteiger partial charge on any atom is -0.380 e. The number of carbonyl (C=O) groups excluding carboxylic acids is 1. The summed E-state index contributed by atoms with van der Waals surface area (Å²) in [5.74, 6) is -0.207. The standard InChI is InChI=1S/C18H14Cl2N4O/c19-12-7-5-11(6-8-12)17-15-16(18(25)22-10-9-21-15)23-24(17)14-4-2-1-3-13(14)20/h1-8,21H,9-10H2,(H,22,25). The van der Waals surface area contributed by atoms with Crippen LogP contribution in [0.15, 0.2) is 48.5 Å². The molecular weight excluding hydrogens is 359 g/mol. The van der Waals surface area contributed by atoms with Gasteiger partial charge in [0, 0.05) is 23.7 Å². The van der Waals surface area contributed by atoms with E-state index < -0.39 is 0 Å². The van der Waals surface area contributed by atoms with Crippen LogP contribution >= 0.6 is 23.2 Å². The molecule has 1 aliphatic rings. The van der Waals surface area contributed by atoms with Crippen LogP contribution in [0, 0.1) is 0 Å². The fraction of sp³-hybridized carbons (Fsp3) is 0.111. The summed E-state index contributed by atoms with van der Waals surface area (Å²) in [4.78, 5) is 12.4. The van der Waals surface area contributed by atoms with Crippen molar-refractivity contribution in [2.45, 2.75) is 0 Å². The highest BCUT2D eigenvalue weighted by Crippen LogP contribution is 2.36. The van der Waals surface area contributed by atoms with E-state index in [4.69, 9.17) is 23.2 Å². The van der Waals surface area contributed by atoms with Crippen molar-refractivity contribution in [2.75, 3.05) is 18.4 Å². The third kappa shape index (κ3) is 2.86. The highest BCUT2D eigenvalue weighted by Gasteiger charge is 2.27. The second-order valence-electron chi connectivity index (χ2n) is 5.62. The molecule has 0 saturated carbocycles. The van der Waals surface area contributed by atoms with E-state index in [1.807, 2.05) is 42.5 Å². The lowest BCUT2D eigenvalue weighted by Gasteiger charge is -2.12. The molecular formula is C18H14Cl2N4O. The summed E-state index contributed by atoms with van der Waals surface area (Å²) >= 11 is 12.4. The molecule has 4 rings (SSSR count). The average molecular weight is 373 g/mol. The molecule has 126 valence electrons. The van der Waals surface area contributed by atoms with Crippen LogP contribution in [0.3, 0.4) is 0 Å². The molecule has 0 aliphatic carbocycles. The predicted octanol–water partition coefficient (Wildman–Crippen LogP) is 4.00. The van der Waals surface area contributed by atoms with Crippen LogP contribution in [-0.4, -0.2) is 28.8 Å². The molecule has 0 atom stereocenters. The number of carbonyl (C=O) groups is 1. The summed E-state index contributed by atoms with van der Waals surface area (Å²) in [5, 5.41) is 11.9. The number of amides is 1. The molecule has 3 aromatic rings. The molecule has 1 aromatic heterocycles. The Morgan fingerprint density at radius 1 is 0.960 bits per heavy atom. The maximum absolute atomic E-state index is 12.4. The number of nitrogens with zero attached hydrogens (tertiary/aromatic N) is 2. The maximum atomic E-state index is 12.4. The molecule has 0 saturated heterocycles. The lowest BCUT2D eigenvalue weighted by molar-refractivity contribution is 0.0952. The Morgan fingerprint density at radius 2 is 1.68 bits per heavy atom. The second kappa shape index (κ2) is 6.43. The van der Waals surface area contributed by atoms with Gasteiger partial charge in [-0.15, -0.1) is 0 Å². The molecule has 0 unspecified atom stereocenters. The van der Waals surface area contributed by atoms with E-state index in [2.05, 4.69) is 15.7 Å². The van der Waals surface area contributed by atoms with Crippen molar-refractivity contribution >= 4 is 34.8 Å². The quantitative estimate of drug-likeness (QED) is 0.714. The molecule has 7 heteroatoms. The lowest BCUT2D eigenvalue weighted by Crippen LogP contribution is -2.25. The molecule has 5 nitrogen and oxygen atoms in total. The molecule has 2 N–H and O–H groups in total. The first-order valence-corrected chi connectivity index (χ1v) is 8.56. The van der Waals surface area contributed by atoms with Gasteiger partial charge in [-0.25, -0.2) is 4.68 Å². The summed E-state index contributed by atoms with van der Waals surface area (Å²) in [6, 6.07) is 14.8. The van der Waals surface area contributed by atoms with E-state index >= 15 is 0 Å². The number of hydrogen-bond acceptors (Lipinski definition) is 3. The third-order valence-corrected chi connectivity index (χ3v) is 4.58. The largest absolute Gasteiger partial charge is 0.380 e. The molecule has 0 radical (unpaired) electrons. The number of anilines is 1. The third-order valence-electron chi connectivity index (χ3n) is 4.01. The van der Waals surface area contributed by atoms with E-state index in [1.54, 1.807) is 10.7 Å². The summed E-state index contributed by atoms with van der Waals surface area (Å²) in [5.41, 5.74) is 3.41. The predicted molar refractivity (Wildman–Crippen MR) is 99.8 cm³/mol. The number of hydrogen-bond donors (Lipinski definition) is 2. The van der Waals surface area contributed by atoms with Crippen molar-refractivity contribution in [3.8, 4) is 16.9 Å². The van der Waals surface area contributed by atoms with Gasteiger partial charge in [0.1, 0.15) is 0 Å². The first-order valence-electron chi connectivity index (χ1n) is 7.81. The van der Waals surface area contributed by atoms with Crippen molar-refractivity contribution in [1.29, 1.82) is 0 Å². The zero-order valence-corrected chi connectivity index (χ0v) is 14.6. The van der Waals surface area contributed by atoms with Crippen LogP contribution in [0.1, 0.15) is 10.5 Å². The topological polar surface area (TPSA) is 59.0 Å². The van der Waals surface area contributed by atoms with Crippen LogP contribution in [0.4, 0.5) is 5.69 Å². The van der Waals surface area contributed by atoms with Crippen LogP contribution in [0.5, 0.6) is 0 Å². The van der Waals surface area contributed by atoms with Gasteiger partial charge in [0.15, 0.2) is 5.69 Å². The van der Waals surface area contributed by atoms with Gasteiger partial charge in [0.2, 0.25) is 0 Å². The normalized spacial score (nSPS) is 13.6. The van der Waals surface area contributed by atoms with E-state index in [1.165, 1.54) is 0 Å². The van der Waals surface area contributed by atoms with Gasteiger partial charge < -0.3 is 10.6 Å². The van der Waals surface area contributed by atoms with Crippen molar-refractivity contribution in [3.63, 3.8) is 0 Å². The Labute approximate surface area is 154 Å². The molecule has 0 bridgehead atoms. The van der Waals surface area contributed by atoms with Crippen LogP contribution in [0.2, 0.25) is 10.0 Å². The zero-order chi connectivity index (χ0) is 17.4. The summed E-state index contributed by atoms with van der Waals surface area (Å²) in [6.07, 6.45) is 0. The Kier molecular flexibility index (Phi) is 4.11. The molecule has 2 aromatic carbocycles. The number of fused-ring (bicyclic) bond motifs is 1. The maximum Gasteiger partial charge on any atom is 0.274 e. The van der Waals surface area contributed by atoms with E-state index in [0.717, 1.165) is 11.3 Å². The number of rotatable bonds is 2. The van der Waals surface area contributed by atoms with Crippen LogP contribution < -0.4 is 10.6 Å². The minimum atomic E-state index is -0.207. The van der Waals surface area contributed by atoms with Gasteiger partial charge >= 0.3 is 0 Å². The van der Waals surface area contributed by atoms with E-state index in [9.17, 15) is 4.79 Å². The van der Waals surface area contributed by atoms with Gasteiger partial charge in [-0.2, -0.15) is 5.10 Å². The van der Waals surface area contributed by atoms with Gasteiger partial charge in [0.25, 0.3) is 5.91 Å². The second-order valence-corrected chi connectivity index (χ2v) is 6.47. The summed E-state index contributed by atoms with van der Waals surface area (Å²) in [6.45, 7) is 1.16. The number of halogens is 2. The lowest BCUT2D eigenvalue weighted by atomic mass is 10.1. The molecule has 25 heavy (non-hydrogen) atoms. The van der Waals surface area contributed by atoms with Crippen molar-refractivity contribution in [1.82, 2.24) is 15.1 Å². The Morgan fingerprint density at radius 3 is 2.44 bits per heavy atom. The van der Waals surface area contributed by atoms with Crippen molar-refractivity contribution < 1.29 is 4.79 Å². The monoisotopic (exact) mass is 372 g/mol. The molecule has 0 spiro atoms. The van der Waals surface area contributed by atoms with E-state index in [-0.39, 0.29) is 5.91 Å². The average Bonchev–Trinajstić information content (AvgIpc) is 2.89. The zero-order valence-electron chi connectivity index (χ0n) is 13.1. The number of para-hydroxylation sites is 1. The van der Waals surface area contributed by atoms with Gasteiger partial charge in [0.05, 0.1) is 22.1 Å². The molecule has 0 fully saturated rings. The van der Waals surface area contributed by atoms with Crippen molar-refractivity contribution in [2.24, 2.45) is 0 Å². The smallest absolute Gasteiger partial charge is 0.274 e. The first-order chi connectivity index (χ1) is 12.1. The highest BCUT2D eigenvalue weighted by atomic mass is 35.5. The number of benzene rings is 2. The highest BCUT2D eigenvalue weighted by molar-refractivity contribution is 6.32. The Balaban J connectivity index is 2.01. The summed E-state index contributed by atoms with van der Waals surface area (Å²) in [7, 11) is 0. The van der Waals surface area contributed by atoms with Gasteiger partial charge in [-0.3, -0.25) is 4.79 Å². The molecule has 1 aliphatic heterocycles. The van der Waals surface area contributed by atoms with Crippen LogP contribution in [-0.2, 0) is 0 Å². The fourth-order valence-corrected chi connectivity index (χ4v) is 3.21. The minimum absolute atomic E-state index is 0.207. The number of nitrogens with one attached hydrogen (secondary N) is 2. The SMILES string of the molecule is O=C1NCCNc2c1nn(-c1ccccc1Cl)c2-c1ccc(Cl)cc1. The van der Waals surface area contributed by atoms with E-state index in [0.29, 0.717) is 40.2 Å². The summed E-state index contributed by atoms with van der Waals surface area (Å²) < 4.78 is 1.70. The number of aromatic nitrogens is 2. The van der Waals surface area contributed by atoms with Gasteiger partial charge in [-0.05, 0) is 24.3 Å². The van der Waals surface area contributed by atoms with Crippen molar-refractivity contribution in [3.05, 3.63) is 64.3 Å². The first kappa shape index (κ1) is 16.0. The van der Waals surface area contributed by atoms with Crippen LogP contribution in [0.25, 0.3) is 16.9 Å².